The van der Waals surface area contributed by atoms with Crippen molar-refractivity contribution in [2.45, 2.75) is 69.3 Å². The molecule has 3 fully saturated rings. The number of ether oxygens (including phenoxy) is 1. The average molecular weight is 706 g/mol. The van der Waals surface area contributed by atoms with E-state index in [0.717, 1.165) is 28.6 Å². The predicted molar refractivity (Wildman–Crippen MR) is 185 cm³/mol. The zero-order valence-electron chi connectivity index (χ0n) is 28.5. The molecular weight excluding hydrogens is 662 g/mol. The van der Waals surface area contributed by atoms with Gasteiger partial charge >= 0.3 is 0 Å². The number of aromatic amines is 1. The lowest BCUT2D eigenvalue weighted by Crippen LogP contribution is -2.71. The number of nitrogens with zero attached hydrogens (tertiary/aromatic N) is 3. The van der Waals surface area contributed by atoms with Crippen molar-refractivity contribution in [1.29, 1.82) is 0 Å². The first-order valence-electron chi connectivity index (χ1n) is 17.0. The van der Waals surface area contributed by atoms with Crippen LogP contribution < -0.4 is 5.32 Å². The number of aromatic nitrogens is 1. The topological polar surface area (TPSA) is 173 Å². The zero-order valence-corrected chi connectivity index (χ0v) is 29.3. The molecule has 13 nitrogen and oxygen atoms in total. The average Bonchev–Trinajstić information content (AvgIpc) is 3.77. The van der Waals surface area contributed by atoms with Gasteiger partial charge in [-0.25, -0.2) is 0 Å². The highest BCUT2D eigenvalue weighted by molar-refractivity contribution is 7.85. The van der Waals surface area contributed by atoms with Gasteiger partial charge in [-0.3, -0.25) is 33.5 Å². The highest BCUT2D eigenvalue weighted by Gasteiger charge is 2.72. The third-order valence-electron chi connectivity index (χ3n) is 10.8. The molecule has 1 aliphatic carbocycles. The third-order valence-corrected chi connectivity index (χ3v) is 10.8. The number of rotatable bonds is 5. The fourth-order valence-corrected chi connectivity index (χ4v) is 8.47. The van der Waals surface area contributed by atoms with Gasteiger partial charge in [0.25, 0.3) is 21.9 Å². The Balaban J connectivity index is 0.000000734. The van der Waals surface area contributed by atoms with Gasteiger partial charge in [-0.1, -0.05) is 62.4 Å². The number of benzene rings is 2. The van der Waals surface area contributed by atoms with Crippen molar-refractivity contribution in [3.8, 4) is 0 Å². The van der Waals surface area contributed by atoms with Crippen LogP contribution in [0.3, 0.4) is 0 Å². The molecule has 0 unspecified atom stereocenters. The number of hydrogen-bond donors (Lipinski definition) is 4. The number of piperazine rings is 1. The number of nitrogens with one attached hydrogen (secondary N) is 2. The van der Waals surface area contributed by atoms with E-state index in [1.807, 2.05) is 49.5 Å². The molecule has 0 saturated carbocycles. The van der Waals surface area contributed by atoms with Crippen molar-refractivity contribution in [3.63, 3.8) is 0 Å². The summed E-state index contributed by atoms with van der Waals surface area (Å²) in [5.41, 5.74) is 3.59. The Morgan fingerprint density at radius 3 is 2.56 bits per heavy atom. The number of H-pyrrole nitrogens is 1. The van der Waals surface area contributed by atoms with Crippen LogP contribution in [0.5, 0.6) is 0 Å². The van der Waals surface area contributed by atoms with E-state index >= 15 is 0 Å². The van der Waals surface area contributed by atoms with Crippen LogP contribution in [0.2, 0.25) is 0 Å². The van der Waals surface area contributed by atoms with Gasteiger partial charge in [0.1, 0.15) is 12.1 Å². The van der Waals surface area contributed by atoms with Crippen LogP contribution in [0.15, 0.2) is 60.8 Å². The van der Waals surface area contributed by atoms with Crippen molar-refractivity contribution in [2.24, 2.45) is 11.8 Å². The van der Waals surface area contributed by atoms with Crippen molar-refractivity contribution in [1.82, 2.24) is 25.0 Å². The molecular formula is C36H43N5O8S. The summed E-state index contributed by atoms with van der Waals surface area (Å²) in [7, 11) is -1.64. The molecule has 14 heteroatoms. The Morgan fingerprint density at radius 2 is 1.86 bits per heavy atom. The van der Waals surface area contributed by atoms with Crippen molar-refractivity contribution in [2.75, 3.05) is 26.4 Å². The van der Waals surface area contributed by atoms with E-state index in [1.165, 1.54) is 15.8 Å². The van der Waals surface area contributed by atoms with E-state index < -0.39 is 51.6 Å². The predicted octanol–water partition coefficient (Wildman–Crippen LogP) is 2.13. The monoisotopic (exact) mass is 705 g/mol. The number of aliphatic hydroxyl groups is 1. The molecule has 5 heterocycles. The molecule has 266 valence electrons. The SMILES string of the molecule is CC(C)[C@@]1(NC(=O)[C@@H]2C=C3c4cccc5[nH]cc(c45)C[C@H]3N(C)C2)O[C@@]2(O)[C@@H]3CCCN3C(=O)[C@H](Cc3ccccc3)N2C1=O.CS(=O)(=O)O. The summed E-state index contributed by atoms with van der Waals surface area (Å²) >= 11 is 0. The lowest BCUT2D eigenvalue weighted by molar-refractivity contribution is -0.321. The molecule has 0 radical (unpaired) electrons. The smallest absolute Gasteiger partial charge is 0.281 e. The molecule has 5 aliphatic rings. The standard InChI is InChI=1S/C35H39N5O5.CH4O3S/c1-20(2)34(37-31(41)23-16-25-24-11-7-12-26-30(24)22(18-36-26)17-27(25)38(3)19-23)33(43)40-28(15-21-9-5-4-6-10-21)32(42)39-14-8-13-29(39)35(40,44)45-34;1-5(2,3)4/h4-7,9-12,16,18,20,23,27-29,36,44H,8,13-15,17,19H2,1-3H3,(H,37,41);1H3,(H,2,3,4)/t23-,27-,28+,29+,34-,35+;/m1./s1. The third kappa shape index (κ3) is 5.63. The van der Waals surface area contributed by atoms with Gasteiger partial charge in [-0.05, 0) is 54.6 Å². The molecule has 3 saturated heterocycles. The maximum Gasteiger partial charge on any atom is 0.281 e. The van der Waals surface area contributed by atoms with Crippen molar-refractivity contribution in [3.05, 3.63) is 77.5 Å². The highest BCUT2D eigenvalue weighted by atomic mass is 32.2. The van der Waals surface area contributed by atoms with Crippen LogP contribution in [0.4, 0.5) is 0 Å². The van der Waals surface area contributed by atoms with Crippen molar-refractivity contribution >= 4 is 44.3 Å². The Hall–Kier alpha value is -4.08. The van der Waals surface area contributed by atoms with E-state index in [9.17, 15) is 27.9 Å². The molecule has 6 atom stereocenters. The Morgan fingerprint density at radius 1 is 1.14 bits per heavy atom. The first-order chi connectivity index (χ1) is 23.6. The largest absolute Gasteiger partial charge is 0.361 e. The van der Waals surface area contributed by atoms with Gasteiger partial charge in [0.15, 0.2) is 0 Å². The minimum atomic E-state index is -3.67. The van der Waals surface area contributed by atoms with Gasteiger partial charge in [-0.2, -0.15) is 8.42 Å². The maximum absolute atomic E-state index is 14.6. The molecule has 0 spiro atoms. The molecule has 3 aromatic rings. The number of amides is 3. The Labute approximate surface area is 291 Å². The number of likely N-dealkylation sites (N-methyl/N-ethyl adjacent to an activating group) is 1. The maximum atomic E-state index is 14.6. The molecule has 1 aromatic heterocycles. The van der Waals surface area contributed by atoms with Crippen LogP contribution in [0.25, 0.3) is 16.5 Å². The lowest BCUT2D eigenvalue weighted by Gasteiger charge is -2.48. The Kier molecular flexibility index (Phi) is 8.46. The van der Waals surface area contributed by atoms with Gasteiger partial charge < -0.3 is 20.3 Å². The normalized spacial score (nSPS) is 30.4. The summed E-state index contributed by atoms with van der Waals surface area (Å²) in [6.45, 7) is 4.56. The van der Waals surface area contributed by atoms with E-state index in [2.05, 4.69) is 33.5 Å². The molecule has 2 aromatic carbocycles. The minimum Gasteiger partial charge on any atom is -0.361 e. The fraction of sp³-hybridized carbons (Fsp3) is 0.472. The second-order valence-electron chi connectivity index (χ2n) is 14.4. The summed E-state index contributed by atoms with van der Waals surface area (Å²) in [6, 6.07) is 14.2. The van der Waals surface area contributed by atoms with Gasteiger partial charge in [-0.15, -0.1) is 0 Å². The number of carbonyl (C=O) groups excluding carboxylic acids is 3. The molecule has 0 bridgehead atoms. The van der Waals surface area contributed by atoms with Crippen LogP contribution in [0, 0.1) is 11.8 Å². The zero-order chi connectivity index (χ0) is 35.7. The summed E-state index contributed by atoms with van der Waals surface area (Å²) in [5, 5.41) is 16.5. The number of fused-ring (bicyclic) bond motifs is 5. The first-order valence-corrected chi connectivity index (χ1v) is 18.8. The summed E-state index contributed by atoms with van der Waals surface area (Å²) in [6.07, 6.45) is 7.11. The minimum absolute atomic E-state index is 0.138. The molecule has 4 aliphatic heterocycles. The van der Waals surface area contributed by atoms with E-state index in [-0.39, 0.29) is 24.3 Å². The first kappa shape index (κ1) is 34.4. The van der Waals surface area contributed by atoms with E-state index in [1.54, 1.807) is 18.7 Å². The van der Waals surface area contributed by atoms with Crippen LogP contribution in [0.1, 0.15) is 43.4 Å². The van der Waals surface area contributed by atoms with Crippen molar-refractivity contribution < 1.29 is 37.2 Å². The number of hydrogen-bond acceptors (Lipinski definition) is 8. The lowest BCUT2D eigenvalue weighted by atomic mass is 9.79. The van der Waals surface area contributed by atoms with Crippen LogP contribution in [-0.2, 0) is 42.1 Å². The molecule has 8 rings (SSSR count). The van der Waals surface area contributed by atoms with Crippen LogP contribution >= 0.6 is 0 Å². The highest BCUT2D eigenvalue weighted by Crippen LogP contribution is 2.48. The molecule has 50 heavy (non-hydrogen) atoms. The summed E-state index contributed by atoms with van der Waals surface area (Å²) in [4.78, 5) is 51.2. The number of carbonyl (C=O) groups is 3. The van der Waals surface area contributed by atoms with E-state index in [4.69, 9.17) is 9.29 Å². The van der Waals surface area contributed by atoms with Gasteiger partial charge in [0.2, 0.25) is 17.5 Å². The van der Waals surface area contributed by atoms with E-state index in [0.29, 0.717) is 32.2 Å². The molecule has 4 N–H and O–H groups in total. The second kappa shape index (κ2) is 12.3. The summed E-state index contributed by atoms with van der Waals surface area (Å²) < 4.78 is 32.4. The van der Waals surface area contributed by atoms with Gasteiger partial charge in [0.05, 0.1) is 12.2 Å². The Bertz CT molecular complexity index is 1990. The fourth-order valence-electron chi connectivity index (χ4n) is 8.47. The van der Waals surface area contributed by atoms with Crippen LogP contribution in [-0.4, -0.2) is 112 Å². The quantitative estimate of drug-likeness (QED) is 0.290. The summed E-state index contributed by atoms with van der Waals surface area (Å²) in [5.74, 6) is -4.27. The van der Waals surface area contributed by atoms with Gasteiger partial charge in [0, 0.05) is 48.6 Å². The second-order valence-corrected chi connectivity index (χ2v) is 15.8. The molecule has 3 amide bonds.